The van der Waals surface area contributed by atoms with Crippen molar-refractivity contribution in [1.29, 1.82) is 0 Å². The van der Waals surface area contributed by atoms with Gasteiger partial charge in [0.1, 0.15) is 5.75 Å². The van der Waals surface area contributed by atoms with Crippen LogP contribution in [0.5, 0.6) is 5.75 Å². The fraction of sp³-hybridized carbons (Fsp3) is 0.0714. The van der Waals surface area contributed by atoms with Crippen LogP contribution in [0.25, 0.3) is 0 Å². The largest absolute Gasteiger partial charge is 0.423 e. The van der Waals surface area contributed by atoms with Crippen LogP contribution in [0.4, 0.5) is 0 Å². The molecule has 0 unspecified atom stereocenters. The van der Waals surface area contributed by atoms with Crippen molar-refractivity contribution in [1.82, 2.24) is 0 Å². The van der Waals surface area contributed by atoms with E-state index in [2.05, 4.69) is 0 Å². The van der Waals surface area contributed by atoms with Gasteiger partial charge in [0, 0.05) is 0 Å². The normalized spacial score (nSPS) is 10.3. The molecule has 0 saturated heterocycles. The summed E-state index contributed by atoms with van der Waals surface area (Å²) in [5, 5.41) is 0.541. The summed E-state index contributed by atoms with van der Waals surface area (Å²) < 4.78 is 5.21. The van der Waals surface area contributed by atoms with Gasteiger partial charge in [0.15, 0.2) is 0 Å². The Bertz CT molecular complexity index is 621. The van der Waals surface area contributed by atoms with E-state index in [-0.39, 0.29) is 20.6 Å². The van der Waals surface area contributed by atoms with Crippen molar-refractivity contribution >= 4 is 40.8 Å². The second kappa shape index (κ2) is 5.83. The minimum absolute atomic E-state index is 0.0661. The van der Waals surface area contributed by atoms with Crippen molar-refractivity contribution in [3.05, 3.63) is 62.6 Å². The second-order valence-electron chi connectivity index (χ2n) is 3.92. The number of halogens is 3. The Morgan fingerprint density at radius 1 is 0.947 bits per heavy atom. The number of hydrogen-bond donors (Lipinski definition) is 0. The Hall–Kier alpha value is -1.22. The molecule has 2 nitrogen and oxygen atoms in total. The fourth-order valence-electron chi connectivity index (χ4n) is 1.48. The first-order chi connectivity index (χ1) is 8.99. The van der Waals surface area contributed by atoms with E-state index in [0.29, 0.717) is 5.75 Å². The first-order valence-corrected chi connectivity index (χ1v) is 6.55. The number of ether oxygens (including phenoxy) is 1. The highest BCUT2D eigenvalue weighted by Crippen LogP contribution is 2.32. The maximum absolute atomic E-state index is 12.0. The lowest BCUT2D eigenvalue weighted by Crippen LogP contribution is -2.10. The van der Waals surface area contributed by atoms with Gasteiger partial charge in [-0.2, -0.15) is 0 Å². The van der Waals surface area contributed by atoms with Crippen molar-refractivity contribution in [2.45, 2.75) is 6.92 Å². The first-order valence-electron chi connectivity index (χ1n) is 5.41. The van der Waals surface area contributed by atoms with E-state index in [1.54, 1.807) is 12.1 Å². The summed E-state index contributed by atoms with van der Waals surface area (Å²) >= 11 is 17.8. The Balaban J connectivity index is 2.30. The van der Waals surface area contributed by atoms with Crippen LogP contribution in [0.3, 0.4) is 0 Å². The third kappa shape index (κ3) is 3.21. The van der Waals surface area contributed by atoms with Gasteiger partial charge in [0.25, 0.3) is 0 Å². The summed E-state index contributed by atoms with van der Waals surface area (Å²) in [6, 6.07) is 10.1. The van der Waals surface area contributed by atoms with Crippen LogP contribution in [0.2, 0.25) is 15.1 Å². The van der Waals surface area contributed by atoms with Gasteiger partial charge in [0.05, 0.1) is 20.6 Å². The van der Waals surface area contributed by atoms with E-state index in [1.807, 2.05) is 19.1 Å². The van der Waals surface area contributed by atoms with Crippen molar-refractivity contribution < 1.29 is 9.53 Å². The molecule has 0 radical (unpaired) electrons. The lowest BCUT2D eigenvalue weighted by molar-refractivity contribution is 0.0735. The van der Waals surface area contributed by atoms with E-state index < -0.39 is 5.97 Å². The Morgan fingerprint density at radius 2 is 1.53 bits per heavy atom. The Kier molecular flexibility index (Phi) is 4.35. The van der Waals surface area contributed by atoms with Crippen LogP contribution < -0.4 is 4.74 Å². The van der Waals surface area contributed by atoms with Gasteiger partial charge in [-0.3, -0.25) is 0 Å². The summed E-state index contributed by atoms with van der Waals surface area (Å²) in [6.07, 6.45) is 0. The highest BCUT2D eigenvalue weighted by atomic mass is 35.5. The van der Waals surface area contributed by atoms with Gasteiger partial charge in [-0.15, -0.1) is 0 Å². The molecule has 5 heteroatoms. The molecule has 98 valence electrons. The number of benzene rings is 2. The van der Waals surface area contributed by atoms with Gasteiger partial charge in [-0.05, 0) is 31.2 Å². The molecule has 0 aliphatic heterocycles. The lowest BCUT2D eigenvalue weighted by atomic mass is 10.2. The van der Waals surface area contributed by atoms with Crippen molar-refractivity contribution in [3.8, 4) is 5.75 Å². The SMILES string of the molecule is Cc1ccc(OC(=O)c2c(Cl)ccc(Cl)c2Cl)cc1. The molecular weight excluding hydrogens is 307 g/mol. The Morgan fingerprint density at radius 3 is 2.16 bits per heavy atom. The summed E-state index contributed by atoms with van der Waals surface area (Å²) in [5.74, 6) is -0.218. The highest BCUT2D eigenvalue weighted by molar-refractivity contribution is 6.46. The number of esters is 1. The maximum atomic E-state index is 12.0. The quantitative estimate of drug-likeness (QED) is 0.434. The molecule has 0 bridgehead atoms. The highest BCUT2D eigenvalue weighted by Gasteiger charge is 2.19. The summed E-state index contributed by atoms with van der Waals surface area (Å²) in [7, 11) is 0. The van der Waals surface area contributed by atoms with Gasteiger partial charge in [-0.1, -0.05) is 52.5 Å². The summed E-state index contributed by atoms with van der Waals surface area (Å²) in [6.45, 7) is 1.94. The molecule has 2 aromatic rings. The van der Waals surface area contributed by atoms with Crippen molar-refractivity contribution in [2.75, 3.05) is 0 Å². The molecule has 0 atom stereocenters. The second-order valence-corrected chi connectivity index (χ2v) is 5.11. The third-order valence-corrected chi connectivity index (χ3v) is 3.60. The Labute approximate surface area is 125 Å². The van der Waals surface area contributed by atoms with E-state index in [9.17, 15) is 4.79 Å². The average molecular weight is 316 g/mol. The molecule has 0 aromatic heterocycles. The van der Waals surface area contributed by atoms with Crippen LogP contribution in [0.1, 0.15) is 15.9 Å². The molecule has 2 rings (SSSR count). The number of carbonyl (C=O) groups is 1. The molecule has 0 N–H and O–H groups in total. The minimum Gasteiger partial charge on any atom is -0.423 e. The minimum atomic E-state index is -0.638. The van der Waals surface area contributed by atoms with E-state index in [4.69, 9.17) is 39.5 Å². The van der Waals surface area contributed by atoms with Crippen LogP contribution in [0, 0.1) is 6.92 Å². The zero-order valence-electron chi connectivity index (χ0n) is 9.91. The smallest absolute Gasteiger partial charge is 0.346 e. The van der Waals surface area contributed by atoms with Gasteiger partial charge >= 0.3 is 5.97 Å². The van der Waals surface area contributed by atoms with Gasteiger partial charge in [0.2, 0.25) is 0 Å². The maximum Gasteiger partial charge on any atom is 0.346 e. The zero-order valence-corrected chi connectivity index (χ0v) is 12.2. The topological polar surface area (TPSA) is 26.3 Å². The first kappa shape index (κ1) is 14.2. The van der Waals surface area contributed by atoms with E-state index in [0.717, 1.165) is 5.56 Å². The van der Waals surface area contributed by atoms with Crippen LogP contribution in [0.15, 0.2) is 36.4 Å². The number of aryl methyl sites for hydroxylation is 1. The molecule has 0 aliphatic rings. The van der Waals surface area contributed by atoms with Gasteiger partial charge in [-0.25, -0.2) is 4.79 Å². The predicted octanol–water partition coefficient (Wildman–Crippen LogP) is 5.17. The molecular formula is C14H9Cl3O2. The molecule has 0 aliphatic carbocycles. The predicted molar refractivity (Wildman–Crippen MR) is 77.6 cm³/mol. The van der Waals surface area contributed by atoms with Gasteiger partial charge < -0.3 is 4.74 Å². The molecule has 0 saturated carbocycles. The lowest BCUT2D eigenvalue weighted by Gasteiger charge is -2.08. The average Bonchev–Trinajstić information content (AvgIpc) is 2.37. The molecule has 0 spiro atoms. The van der Waals surface area contributed by atoms with Crippen molar-refractivity contribution in [3.63, 3.8) is 0 Å². The monoisotopic (exact) mass is 314 g/mol. The third-order valence-electron chi connectivity index (χ3n) is 2.48. The molecule has 19 heavy (non-hydrogen) atoms. The summed E-state index contributed by atoms with van der Waals surface area (Å²) in [5.41, 5.74) is 1.13. The molecule has 0 amide bonds. The summed E-state index contributed by atoms with van der Waals surface area (Å²) in [4.78, 5) is 12.0. The number of carbonyl (C=O) groups excluding carboxylic acids is 1. The van der Waals surface area contributed by atoms with Crippen LogP contribution in [-0.2, 0) is 0 Å². The number of rotatable bonds is 2. The standard InChI is InChI=1S/C14H9Cl3O2/c1-8-2-4-9(5-3-8)19-14(18)12-10(15)6-7-11(16)13(12)17/h2-7H,1H3. The van der Waals surface area contributed by atoms with Crippen LogP contribution >= 0.6 is 34.8 Å². The molecule has 2 aromatic carbocycles. The molecule has 0 heterocycles. The number of hydrogen-bond acceptors (Lipinski definition) is 2. The zero-order chi connectivity index (χ0) is 14.0. The fourth-order valence-corrected chi connectivity index (χ4v) is 2.16. The van der Waals surface area contributed by atoms with E-state index in [1.165, 1.54) is 12.1 Å². The van der Waals surface area contributed by atoms with Crippen molar-refractivity contribution in [2.24, 2.45) is 0 Å². The van der Waals surface area contributed by atoms with E-state index >= 15 is 0 Å². The van der Waals surface area contributed by atoms with Crippen LogP contribution in [-0.4, -0.2) is 5.97 Å². The molecule has 0 fully saturated rings.